The number of aliphatic imine (C=N–C) groups is 16. The molecule has 42 N–H and O–H groups in total. The SMILES string of the molecule is CCCN=C(O)C(CC(C)C)N=C(O)C(CCCNC(=N)N)N=C(O)C(CCCCN)N=C(O)C(CCCNC(=N)N)N=C(O)C(CC(C)C)N=C(O)C(CCCCN)N=C(O)C(CCCNC(=N)N)N=C(O)C(CC(C)C)N=C(O)C(Cc1cnc[nH]1)N=C(O)C(CO)N=C(O)C(C)N=C(O)C(CC(C)C)N=C(O)C(CCCNC(=N)N)N=C(O)C(N=C(O)C(CCCNC(=N)N)N=C(O)CCC(C)C)C(C)C. The highest BCUT2D eigenvalue weighted by molar-refractivity contribution is 5.97. The third kappa shape index (κ3) is 56.1. The van der Waals surface area contributed by atoms with Crippen molar-refractivity contribution in [3.63, 3.8) is 0 Å². The monoisotopic (exact) mass is 2040 g/mol. The summed E-state index contributed by atoms with van der Waals surface area (Å²) < 4.78 is 0. The predicted molar refractivity (Wildman–Crippen MR) is 576 cm³/mol. The van der Waals surface area contributed by atoms with Gasteiger partial charge in [0.25, 0.3) is 0 Å². The molecule has 0 spiro atoms. The molecule has 15 atom stereocenters. The Morgan fingerprint density at radius 2 is 0.590 bits per heavy atom. The third-order valence-corrected chi connectivity index (χ3v) is 21.6. The maximum Gasteiger partial charge on any atom is 0.209 e. The first-order valence-corrected chi connectivity index (χ1v) is 49.5. The van der Waals surface area contributed by atoms with Crippen LogP contribution in [0.2, 0.25) is 0 Å². The number of nitrogens with two attached hydrogens (primary N) is 7. The van der Waals surface area contributed by atoms with Crippen molar-refractivity contribution in [2.75, 3.05) is 59.0 Å². The van der Waals surface area contributed by atoms with Crippen LogP contribution in [0.3, 0.4) is 0 Å². The molecule has 0 aliphatic heterocycles. The van der Waals surface area contributed by atoms with Crippen LogP contribution < -0.4 is 66.7 Å². The lowest BCUT2D eigenvalue weighted by Gasteiger charge is -2.21. The standard InChI is InChI=1S/C92H173N35O17/c1-15-36-106-74(131)65(42-51(4)5)121-79(136)63(30-23-40-110-91(101)102)117-75(132)59(25-16-18-34-93)115-76(133)61(28-21-38-108-89(97)98)118-83(140)67(44-53(8)9)123-78(135)60(26-17-19-35-94)116-77(134)62(29-22-39-109-90(99)100)119-84(141)68(45-54(10)11)124-85(142)69(46-57-47-105-49-112-57)125-86(143)70(48-128)126-73(130)56(14)113-82(139)66(43-52(6)7)122-80(137)64(31-24-41-111-92(103)104)120-87(144)72(55(12)13)127-81(138)58(27-20-37-107-88(95)96)114-71(129)33-32-50(2)3/h47,49-56,58-70,72,128H,15-46,48,93-94H2,1-14H3,(H,105,112)(H,106,131)(H,113,139)(H,114,129)(H,115,133)(H,116,134)(H,117,132)(H,118,140)(H,119,141)(H,120,144)(H,121,136)(H,122,137)(H,123,135)(H,124,142)(H,125,143)(H,126,130)(H,127,138)(H4,95,96,107)(H4,97,98,108)(H4,99,100,109)(H4,101,102,110)(H4,103,104,111). The van der Waals surface area contributed by atoms with Gasteiger partial charge >= 0.3 is 0 Å². The number of aliphatic hydroxyl groups is 17. The largest absolute Gasteiger partial charge is 0.497 e. The van der Waals surface area contributed by atoms with E-state index in [0.717, 1.165) is 0 Å². The molecule has 0 fully saturated rings. The summed E-state index contributed by atoms with van der Waals surface area (Å²) in [7, 11) is 0. The van der Waals surface area contributed by atoms with Gasteiger partial charge in [-0.25, -0.2) is 79.9 Å². The molecule has 818 valence electrons. The fourth-order valence-electron chi connectivity index (χ4n) is 14.0. The van der Waals surface area contributed by atoms with Gasteiger partial charge < -0.3 is 159 Å². The summed E-state index contributed by atoms with van der Waals surface area (Å²) >= 11 is 0. The Labute approximate surface area is 845 Å². The molecule has 1 aromatic rings. The molecule has 0 bridgehead atoms. The number of rotatable bonds is 75. The van der Waals surface area contributed by atoms with Crippen molar-refractivity contribution in [2.45, 2.75) is 342 Å². The van der Waals surface area contributed by atoms with E-state index in [4.69, 9.17) is 67.2 Å². The first-order chi connectivity index (χ1) is 67.9. The maximum absolute atomic E-state index is 12.3. The van der Waals surface area contributed by atoms with Crippen molar-refractivity contribution in [1.29, 1.82) is 27.0 Å². The van der Waals surface area contributed by atoms with E-state index in [1.165, 1.54) is 19.4 Å². The van der Waals surface area contributed by atoms with Crippen molar-refractivity contribution in [1.82, 2.24) is 36.6 Å². The van der Waals surface area contributed by atoms with Crippen molar-refractivity contribution in [2.24, 2.45) is 156 Å². The number of unbranched alkanes of at least 4 members (excludes halogenated alkanes) is 2. The molecule has 1 heterocycles. The van der Waals surface area contributed by atoms with Gasteiger partial charge in [-0.1, -0.05) is 90.0 Å². The van der Waals surface area contributed by atoms with Crippen molar-refractivity contribution < 1.29 is 86.8 Å². The lowest BCUT2D eigenvalue weighted by molar-refractivity contribution is 0.277. The fraction of sp³-hybridized carbons (Fsp3) is 0.739. The molecule has 0 radical (unpaired) electrons. The summed E-state index contributed by atoms with van der Waals surface area (Å²) in [4.78, 5) is 77.7. The highest BCUT2D eigenvalue weighted by atomic mass is 16.3. The first-order valence-electron chi connectivity index (χ1n) is 49.5. The molecular formula is C92H173N35O17. The van der Waals surface area contributed by atoms with Crippen LogP contribution in [0, 0.1) is 62.6 Å². The van der Waals surface area contributed by atoms with Gasteiger partial charge in [0, 0.05) is 64.0 Å². The summed E-state index contributed by atoms with van der Waals surface area (Å²) in [6.07, 6.45) is 6.29. The second-order valence-corrected chi connectivity index (χ2v) is 37.6. The second-order valence-electron chi connectivity index (χ2n) is 37.6. The Kier molecular flexibility index (Phi) is 64.0. The van der Waals surface area contributed by atoms with Crippen molar-refractivity contribution in [3.05, 3.63) is 18.2 Å². The predicted octanol–water partition coefficient (Wildman–Crippen LogP) is 8.06. The van der Waals surface area contributed by atoms with Crippen LogP contribution in [0.4, 0.5) is 0 Å². The van der Waals surface area contributed by atoms with E-state index in [1.54, 1.807) is 55.4 Å². The molecule has 144 heavy (non-hydrogen) atoms. The van der Waals surface area contributed by atoms with E-state index in [2.05, 4.69) is 116 Å². The number of hydrogen-bond acceptors (Lipinski definition) is 25. The number of aliphatic hydroxyl groups excluding tert-OH is 17. The van der Waals surface area contributed by atoms with Crippen LogP contribution in [0.5, 0.6) is 0 Å². The topological polar surface area (TPSA) is 932 Å². The first kappa shape index (κ1) is 129. The van der Waals surface area contributed by atoms with Crippen LogP contribution in [0.25, 0.3) is 0 Å². The van der Waals surface area contributed by atoms with Crippen LogP contribution >= 0.6 is 0 Å². The Morgan fingerprint density at radius 3 is 0.882 bits per heavy atom. The molecule has 1 aromatic heterocycles. The third-order valence-electron chi connectivity index (χ3n) is 21.6. The molecule has 52 heteroatoms. The van der Waals surface area contributed by atoms with Gasteiger partial charge in [-0.2, -0.15) is 0 Å². The number of nitrogens with one attached hydrogen (secondary N) is 11. The molecular weight excluding hydrogens is 1870 g/mol. The molecule has 0 aliphatic carbocycles. The number of imidazole rings is 1. The van der Waals surface area contributed by atoms with Gasteiger partial charge in [0.15, 0.2) is 41.7 Å². The number of nitrogens with zero attached hydrogens (tertiary/aromatic N) is 17. The normalized spacial score (nSPS) is 17.2. The Hall–Kier alpha value is -13.0. The van der Waals surface area contributed by atoms with Gasteiger partial charge in [-0.3, -0.25) is 32.0 Å². The molecule has 0 saturated carbocycles. The van der Waals surface area contributed by atoms with Crippen LogP contribution in [0.1, 0.15) is 250 Å². The summed E-state index contributed by atoms with van der Waals surface area (Å²) in [5, 5.41) is 252. The number of guanidine groups is 5. The van der Waals surface area contributed by atoms with E-state index in [9.17, 15) is 86.8 Å². The van der Waals surface area contributed by atoms with Crippen LogP contribution in [-0.4, -0.2) is 371 Å². The van der Waals surface area contributed by atoms with Gasteiger partial charge in [0.2, 0.25) is 88.5 Å². The number of hydrogen-bond donors (Lipinski definition) is 35. The highest BCUT2D eigenvalue weighted by Crippen LogP contribution is 2.25. The zero-order valence-corrected chi connectivity index (χ0v) is 86.4. The minimum absolute atomic E-state index is 0.00717. The summed E-state index contributed by atoms with van der Waals surface area (Å²) in [6.45, 7) is 25.3. The summed E-state index contributed by atoms with van der Waals surface area (Å²) in [5.41, 5.74) is 40.1. The Morgan fingerprint density at radius 1 is 0.319 bits per heavy atom. The number of aromatic amines is 1. The number of H-pyrrole nitrogens is 1. The molecule has 0 amide bonds. The summed E-state index contributed by atoms with van der Waals surface area (Å²) in [5.74, 6) is -13.8. The minimum Gasteiger partial charge on any atom is -0.497 e. The molecule has 0 aromatic carbocycles. The van der Waals surface area contributed by atoms with Crippen molar-refractivity contribution >= 4 is 124 Å². The zero-order valence-electron chi connectivity index (χ0n) is 86.4. The quantitative estimate of drug-likeness (QED) is 0.0166. The van der Waals surface area contributed by atoms with E-state index in [0.29, 0.717) is 50.8 Å². The lowest BCUT2D eigenvalue weighted by Crippen LogP contribution is -2.34. The molecule has 52 nitrogen and oxygen atoms in total. The Balaban J connectivity index is 4.47. The summed E-state index contributed by atoms with van der Waals surface area (Å²) in [6, 6.07) is -20.8. The van der Waals surface area contributed by atoms with Gasteiger partial charge in [0.1, 0.15) is 84.6 Å². The second kappa shape index (κ2) is 71.4. The van der Waals surface area contributed by atoms with E-state index < -0.39 is 192 Å². The zero-order chi connectivity index (χ0) is 109. The fourth-order valence-corrected chi connectivity index (χ4v) is 14.0. The number of aromatic nitrogens is 2. The van der Waals surface area contributed by atoms with Gasteiger partial charge in [-0.05, 0) is 197 Å². The van der Waals surface area contributed by atoms with Gasteiger partial charge in [0.05, 0.1) is 12.9 Å². The maximum atomic E-state index is 12.3. The van der Waals surface area contributed by atoms with E-state index >= 15 is 0 Å². The van der Waals surface area contributed by atoms with Crippen molar-refractivity contribution in [3.8, 4) is 0 Å². The average Bonchev–Trinajstić information content (AvgIpc) is 1.22. The van der Waals surface area contributed by atoms with E-state index in [1.807, 2.05) is 34.6 Å². The molecule has 1 rings (SSSR count). The van der Waals surface area contributed by atoms with Gasteiger partial charge in [-0.15, -0.1) is 0 Å². The highest BCUT2D eigenvalue weighted by Gasteiger charge is 2.34. The van der Waals surface area contributed by atoms with Crippen LogP contribution in [-0.2, 0) is 6.42 Å². The smallest absolute Gasteiger partial charge is 0.209 e. The average molecular weight is 2040 g/mol. The molecule has 0 saturated heterocycles. The molecule has 15 unspecified atom stereocenters. The van der Waals surface area contributed by atoms with E-state index in [-0.39, 0.29) is 227 Å². The Bertz CT molecular complexity index is 4490. The lowest BCUT2D eigenvalue weighted by atomic mass is 10.0. The molecule has 0 aliphatic rings. The minimum atomic E-state index is -1.81. The van der Waals surface area contributed by atoms with Crippen LogP contribution in [0.15, 0.2) is 92.4 Å².